The quantitative estimate of drug-likeness (QED) is 0.401. The second kappa shape index (κ2) is 11.5. The van der Waals surface area contributed by atoms with Crippen molar-refractivity contribution in [3.8, 4) is 5.75 Å². The van der Waals surface area contributed by atoms with Crippen molar-refractivity contribution < 1.29 is 17.9 Å². The van der Waals surface area contributed by atoms with E-state index >= 15 is 0 Å². The minimum absolute atomic E-state index is 0.0849. The van der Waals surface area contributed by atoms with Crippen LogP contribution in [0.3, 0.4) is 0 Å². The van der Waals surface area contributed by atoms with Crippen molar-refractivity contribution in [2.75, 3.05) is 26.2 Å². The van der Waals surface area contributed by atoms with Gasteiger partial charge in [0.2, 0.25) is 0 Å². The zero-order valence-electron chi connectivity index (χ0n) is 21.1. The molecule has 0 bridgehead atoms. The van der Waals surface area contributed by atoms with E-state index in [1.165, 1.54) is 12.8 Å². The van der Waals surface area contributed by atoms with Crippen LogP contribution in [0, 0.1) is 0 Å². The third kappa shape index (κ3) is 6.22. The van der Waals surface area contributed by atoms with Crippen molar-refractivity contribution in [1.82, 2.24) is 9.80 Å². The maximum atomic E-state index is 13.2. The Labute approximate surface area is 219 Å². The van der Waals surface area contributed by atoms with Gasteiger partial charge >= 0.3 is 0 Å². The Morgan fingerprint density at radius 3 is 2.22 bits per heavy atom. The van der Waals surface area contributed by atoms with Crippen LogP contribution in [0.4, 0.5) is 0 Å². The minimum Gasteiger partial charge on any atom is -0.489 e. The second-order valence-corrected chi connectivity index (χ2v) is 11.9. The second-order valence-electron chi connectivity index (χ2n) is 9.96. The lowest BCUT2D eigenvalue weighted by Crippen LogP contribution is -2.42. The van der Waals surface area contributed by atoms with Gasteiger partial charge in [-0.2, -0.15) is 0 Å². The van der Waals surface area contributed by atoms with Crippen molar-refractivity contribution in [3.05, 3.63) is 95.6 Å². The Hall–Kier alpha value is -3.16. The monoisotopic (exact) mass is 518 g/mol. The first-order valence-corrected chi connectivity index (χ1v) is 14.8. The molecule has 5 rings (SSSR count). The SMILES string of the molecule is O=C(c1ccc(OCc2ccccc2CS(=O)(=O)c2ccccc2)cc1)N1CCC[C@H]1CN1CCCC1. The number of rotatable bonds is 9. The molecule has 3 aromatic carbocycles. The molecular formula is C30H34N2O4S. The fourth-order valence-corrected chi connectivity index (χ4v) is 6.76. The Balaban J connectivity index is 1.21. The highest BCUT2D eigenvalue weighted by Gasteiger charge is 2.31. The maximum Gasteiger partial charge on any atom is 0.254 e. The largest absolute Gasteiger partial charge is 0.489 e. The number of benzene rings is 3. The first-order valence-electron chi connectivity index (χ1n) is 13.1. The molecule has 0 N–H and O–H groups in total. The zero-order chi connectivity index (χ0) is 25.7. The van der Waals surface area contributed by atoms with Gasteiger partial charge in [-0.05, 0) is 86.3 Å². The predicted molar refractivity (Wildman–Crippen MR) is 144 cm³/mol. The molecule has 0 aromatic heterocycles. The van der Waals surface area contributed by atoms with E-state index in [2.05, 4.69) is 4.90 Å². The summed E-state index contributed by atoms with van der Waals surface area (Å²) >= 11 is 0. The number of hydrogen-bond donors (Lipinski definition) is 0. The summed E-state index contributed by atoms with van der Waals surface area (Å²) in [5.41, 5.74) is 2.22. The summed E-state index contributed by atoms with van der Waals surface area (Å²) in [7, 11) is -3.46. The maximum absolute atomic E-state index is 13.2. The predicted octanol–water partition coefficient (Wildman–Crippen LogP) is 4.94. The number of carbonyl (C=O) groups excluding carboxylic acids is 1. The summed E-state index contributed by atoms with van der Waals surface area (Å²) in [5, 5.41) is 0. The van der Waals surface area contributed by atoms with E-state index in [9.17, 15) is 13.2 Å². The number of hydrogen-bond acceptors (Lipinski definition) is 5. The van der Waals surface area contributed by atoms with Crippen LogP contribution in [0.25, 0.3) is 0 Å². The average molecular weight is 519 g/mol. The van der Waals surface area contributed by atoms with Crippen LogP contribution in [0.5, 0.6) is 5.75 Å². The molecule has 3 aromatic rings. The van der Waals surface area contributed by atoms with E-state index in [0.717, 1.165) is 50.1 Å². The van der Waals surface area contributed by atoms with Crippen LogP contribution in [-0.4, -0.2) is 56.3 Å². The highest BCUT2D eigenvalue weighted by atomic mass is 32.2. The lowest BCUT2D eigenvalue weighted by molar-refractivity contribution is 0.0708. The standard InChI is InChI=1S/C30H34N2O4S/c33-30(32-20-8-11-27(32)21-31-18-6-7-19-31)24-14-16-28(17-15-24)36-22-25-9-4-5-10-26(25)23-37(34,35)29-12-2-1-3-13-29/h1-5,9-10,12-17,27H,6-8,11,18-23H2/t27-/m0/s1. The van der Waals surface area contributed by atoms with Crippen molar-refractivity contribution in [2.45, 2.75) is 49.0 Å². The van der Waals surface area contributed by atoms with Crippen LogP contribution >= 0.6 is 0 Å². The molecule has 0 saturated carbocycles. The zero-order valence-corrected chi connectivity index (χ0v) is 21.9. The molecule has 6 nitrogen and oxygen atoms in total. The van der Waals surface area contributed by atoms with E-state index in [-0.39, 0.29) is 18.3 Å². The van der Waals surface area contributed by atoms with Gasteiger partial charge in [-0.15, -0.1) is 0 Å². The van der Waals surface area contributed by atoms with Gasteiger partial charge in [-0.1, -0.05) is 42.5 Å². The first kappa shape index (κ1) is 25.5. The van der Waals surface area contributed by atoms with Crippen molar-refractivity contribution in [2.24, 2.45) is 0 Å². The number of ether oxygens (including phenoxy) is 1. The van der Waals surface area contributed by atoms with Crippen molar-refractivity contribution in [3.63, 3.8) is 0 Å². The van der Waals surface area contributed by atoms with Crippen LogP contribution in [0.15, 0.2) is 83.8 Å². The van der Waals surface area contributed by atoms with Crippen LogP contribution < -0.4 is 4.74 Å². The topological polar surface area (TPSA) is 66.9 Å². The van der Waals surface area contributed by atoms with Gasteiger partial charge in [0.25, 0.3) is 5.91 Å². The number of likely N-dealkylation sites (tertiary alicyclic amines) is 2. The molecule has 2 fully saturated rings. The lowest BCUT2D eigenvalue weighted by Gasteiger charge is -2.28. The van der Waals surface area contributed by atoms with Gasteiger partial charge in [-0.3, -0.25) is 4.79 Å². The molecule has 1 amide bonds. The van der Waals surface area contributed by atoms with Gasteiger partial charge in [-0.25, -0.2) is 8.42 Å². The van der Waals surface area contributed by atoms with Crippen LogP contribution in [0.1, 0.15) is 47.2 Å². The normalized spacial score (nSPS) is 18.3. The highest BCUT2D eigenvalue weighted by molar-refractivity contribution is 7.90. The lowest BCUT2D eigenvalue weighted by atomic mass is 10.1. The number of nitrogens with zero attached hydrogens (tertiary/aromatic N) is 2. The average Bonchev–Trinajstić information content (AvgIpc) is 3.61. The van der Waals surface area contributed by atoms with Gasteiger partial charge in [0.15, 0.2) is 9.84 Å². The Kier molecular flexibility index (Phi) is 7.91. The first-order chi connectivity index (χ1) is 18.0. The molecular weight excluding hydrogens is 484 g/mol. The van der Waals surface area contributed by atoms with Crippen LogP contribution in [0.2, 0.25) is 0 Å². The van der Waals surface area contributed by atoms with Gasteiger partial charge < -0.3 is 14.5 Å². The molecule has 0 spiro atoms. The molecule has 2 heterocycles. The summed E-state index contributed by atoms with van der Waals surface area (Å²) in [6.45, 7) is 4.33. The van der Waals surface area contributed by atoms with Gasteiger partial charge in [0, 0.05) is 24.7 Å². The van der Waals surface area contributed by atoms with Crippen LogP contribution in [-0.2, 0) is 22.2 Å². The van der Waals surface area contributed by atoms with E-state index < -0.39 is 9.84 Å². The smallest absolute Gasteiger partial charge is 0.254 e. The summed E-state index contributed by atoms with van der Waals surface area (Å²) in [6.07, 6.45) is 4.65. The van der Waals surface area contributed by atoms with E-state index in [1.54, 1.807) is 30.3 Å². The van der Waals surface area contributed by atoms with Crippen molar-refractivity contribution in [1.29, 1.82) is 0 Å². The Bertz CT molecular complexity index is 1300. The number of carbonyl (C=O) groups is 1. The van der Waals surface area contributed by atoms with E-state index in [4.69, 9.17) is 4.74 Å². The van der Waals surface area contributed by atoms with E-state index in [0.29, 0.717) is 22.3 Å². The fraction of sp³-hybridized carbons (Fsp3) is 0.367. The third-order valence-electron chi connectivity index (χ3n) is 7.37. The molecule has 7 heteroatoms. The number of sulfone groups is 1. The summed E-state index contributed by atoms with van der Waals surface area (Å²) in [4.78, 5) is 18.1. The molecule has 0 unspecified atom stereocenters. The van der Waals surface area contributed by atoms with E-state index in [1.807, 2.05) is 53.4 Å². The Morgan fingerprint density at radius 2 is 1.49 bits per heavy atom. The molecule has 0 radical (unpaired) electrons. The van der Waals surface area contributed by atoms with Gasteiger partial charge in [0.05, 0.1) is 10.6 Å². The molecule has 37 heavy (non-hydrogen) atoms. The molecule has 2 aliphatic heterocycles. The number of amides is 1. The molecule has 1 atom stereocenters. The molecule has 2 saturated heterocycles. The van der Waals surface area contributed by atoms with Crippen molar-refractivity contribution >= 4 is 15.7 Å². The summed E-state index contributed by atoms with van der Waals surface area (Å²) in [5.74, 6) is 0.648. The molecule has 194 valence electrons. The van der Waals surface area contributed by atoms with Gasteiger partial charge in [0.1, 0.15) is 12.4 Å². The minimum atomic E-state index is -3.46. The summed E-state index contributed by atoms with van der Waals surface area (Å²) < 4.78 is 31.8. The highest BCUT2D eigenvalue weighted by Crippen LogP contribution is 2.25. The fourth-order valence-electron chi connectivity index (χ4n) is 5.33. The third-order valence-corrected chi connectivity index (χ3v) is 9.05. The molecule has 0 aliphatic carbocycles. The summed E-state index contributed by atoms with van der Waals surface area (Å²) in [6, 6.07) is 23.5. The Morgan fingerprint density at radius 1 is 0.811 bits per heavy atom. The molecule has 2 aliphatic rings.